The number of nitrogens with zero attached hydrogens (tertiary/aromatic N) is 2. The molecule has 0 unspecified atom stereocenters. The van der Waals surface area contributed by atoms with Crippen molar-refractivity contribution in [3.8, 4) is 0 Å². The fraction of sp³-hybridized carbons (Fsp3) is 0.292. The van der Waals surface area contributed by atoms with Crippen LogP contribution in [0.25, 0.3) is 0 Å². The molecule has 26 heavy (non-hydrogen) atoms. The molecule has 3 rings (SSSR count). The first-order chi connectivity index (χ1) is 12.6. The predicted octanol–water partition coefficient (Wildman–Crippen LogP) is 6.53. The van der Waals surface area contributed by atoms with Crippen LogP contribution in [-0.4, -0.2) is 10.8 Å². The van der Waals surface area contributed by atoms with E-state index in [0.717, 1.165) is 17.9 Å². The SMILES string of the molecule is CC(C)c1cccc(C(C)C)c1N=Cc1cccn1Cc1ccccc1. The Morgan fingerprint density at radius 2 is 1.46 bits per heavy atom. The van der Waals surface area contributed by atoms with Crippen molar-refractivity contribution >= 4 is 11.9 Å². The quantitative estimate of drug-likeness (QED) is 0.452. The number of hydrogen-bond acceptors (Lipinski definition) is 1. The van der Waals surface area contributed by atoms with E-state index in [4.69, 9.17) is 4.99 Å². The van der Waals surface area contributed by atoms with Gasteiger partial charge in [-0.15, -0.1) is 0 Å². The summed E-state index contributed by atoms with van der Waals surface area (Å²) < 4.78 is 2.24. The second-order valence-corrected chi connectivity index (χ2v) is 7.40. The number of rotatable bonds is 6. The van der Waals surface area contributed by atoms with Gasteiger partial charge in [-0.2, -0.15) is 0 Å². The lowest BCUT2D eigenvalue weighted by atomic mass is 9.93. The van der Waals surface area contributed by atoms with Gasteiger partial charge in [0.05, 0.1) is 17.6 Å². The number of benzene rings is 2. The topological polar surface area (TPSA) is 17.3 Å². The number of aromatic nitrogens is 1. The number of hydrogen-bond donors (Lipinski definition) is 0. The molecule has 0 aliphatic heterocycles. The van der Waals surface area contributed by atoms with E-state index in [1.54, 1.807) is 0 Å². The van der Waals surface area contributed by atoms with Gasteiger partial charge in [0.1, 0.15) is 0 Å². The third-order valence-corrected chi connectivity index (χ3v) is 4.73. The van der Waals surface area contributed by atoms with E-state index in [2.05, 4.69) is 99.1 Å². The van der Waals surface area contributed by atoms with Gasteiger partial charge in [-0.1, -0.05) is 76.2 Å². The van der Waals surface area contributed by atoms with Crippen molar-refractivity contribution < 1.29 is 0 Å². The summed E-state index contributed by atoms with van der Waals surface area (Å²) in [5.41, 5.74) is 6.18. The summed E-state index contributed by atoms with van der Waals surface area (Å²) in [6.45, 7) is 9.79. The molecule has 2 nitrogen and oxygen atoms in total. The summed E-state index contributed by atoms with van der Waals surface area (Å²) in [4.78, 5) is 4.95. The molecule has 2 heteroatoms. The van der Waals surface area contributed by atoms with Gasteiger partial charge >= 0.3 is 0 Å². The van der Waals surface area contributed by atoms with E-state index < -0.39 is 0 Å². The molecule has 0 fully saturated rings. The Morgan fingerprint density at radius 1 is 0.808 bits per heavy atom. The highest BCUT2D eigenvalue weighted by Crippen LogP contribution is 2.34. The summed E-state index contributed by atoms with van der Waals surface area (Å²) in [6, 6.07) is 21.3. The molecule has 0 spiro atoms. The summed E-state index contributed by atoms with van der Waals surface area (Å²) in [5.74, 6) is 0.911. The fourth-order valence-electron chi connectivity index (χ4n) is 3.26. The first kappa shape index (κ1) is 18.2. The van der Waals surface area contributed by atoms with Crippen LogP contribution in [0.15, 0.2) is 71.9 Å². The van der Waals surface area contributed by atoms with Gasteiger partial charge in [0.25, 0.3) is 0 Å². The lowest BCUT2D eigenvalue weighted by Gasteiger charge is -2.16. The molecule has 134 valence electrons. The lowest BCUT2D eigenvalue weighted by Crippen LogP contribution is -2.02. The zero-order valence-corrected chi connectivity index (χ0v) is 16.2. The average Bonchev–Trinajstić information content (AvgIpc) is 3.07. The largest absolute Gasteiger partial charge is 0.342 e. The van der Waals surface area contributed by atoms with Crippen LogP contribution in [0.1, 0.15) is 61.9 Å². The minimum atomic E-state index is 0.456. The van der Waals surface area contributed by atoms with E-state index in [9.17, 15) is 0 Å². The van der Waals surface area contributed by atoms with Gasteiger partial charge in [-0.05, 0) is 40.7 Å². The van der Waals surface area contributed by atoms with E-state index in [-0.39, 0.29) is 0 Å². The van der Waals surface area contributed by atoms with Crippen molar-refractivity contribution in [2.45, 2.75) is 46.1 Å². The Kier molecular flexibility index (Phi) is 5.72. The summed E-state index contributed by atoms with van der Waals surface area (Å²) in [6.07, 6.45) is 4.13. The first-order valence-corrected chi connectivity index (χ1v) is 9.42. The van der Waals surface area contributed by atoms with Gasteiger partial charge in [0, 0.05) is 12.7 Å². The molecule has 1 heterocycles. The third kappa shape index (κ3) is 4.13. The van der Waals surface area contributed by atoms with Crippen LogP contribution in [0.2, 0.25) is 0 Å². The van der Waals surface area contributed by atoms with E-state index >= 15 is 0 Å². The van der Waals surface area contributed by atoms with Crippen molar-refractivity contribution in [2.24, 2.45) is 4.99 Å². The van der Waals surface area contributed by atoms with Crippen LogP contribution < -0.4 is 0 Å². The summed E-state index contributed by atoms with van der Waals surface area (Å²) in [7, 11) is 0. The van der Waals surface area contributed by atoms with Gasteiger partial charge in [-0.3, -0.25) is 4.99 Å². The highest BCUT2D eigenvalue weighted by molar-refractivity contribution is 5.81. The van der Waals surface area contributed by atoms with Crippen LogP contribution in [0.5, 0.6) is 0 Å². The van der Waals surface area contributed by atoms with E-state index in [1.807, 2.05) is 6.21 Å². The molecule has 0 radical (unpaired) electrons. The van der Waals surface area contributed by atoms with E-state index in [1.165, 1.54) is 16.7 Å². The van der Waals surface area contributed by atoms with Gasteiger partial charge in [0.15, 0.2) is 0 Å². The summed E-state index contributed by atoms with van der Waals surface area (Å²) in [5, 5.41) is 0. The number of aliphatic imine (C=N–C) groups is 1. The van der Waals surface area contributed by atoms with Crippen LogP contribution in [0.3, 0.4) is 0 Å². The second kappa shape index (κ2) is 8.18. The van der Waals surface area contributed by atoms with Crippen molar-refractivity contribution in [1.82, 2.24) is 4.57 Å². The molecule has 0 amide bonds. The predicted molar refractivity (Wildman–Crippen MR) is 112 cm³/mol. The second-order valence-electron chi connectivity index (χ2n) is 7.40. The van der Waals surface area contributed by atoms with Crippen LogP contribution >= 0.6 is 0 Å². The van der Waals surface area contributed by atoms with Crippen molar-refractivity contribution in [1.29, 1.82) is 0 Å². The van der Waals surface area contributed by atoms with Gasteiger partial charge in [0.2, 0.25) is 0 Å². The maximum atomic E-state index is 4.95. The van der Waals surface area contributed by atoms with E-state index in [0.29, 0.717) is 11.8 Å². The molecule has 0 N–H and O–H groups in total. The van der Waals surface area contributed by atoms with Crippen molar-refractivity contribution in [3.63, 3.8) is 0 Å². The molecule has 0 saturated heterocycles. The van der Waals surface area contributed by atoms with Crippen molar-refractivity contribution in [3.05, 3.63) is 89.2 Å². The Labute approximate surface area is 157 Å². The van der Waals surface area contributed by atoms with Crippen LogP contribution in [0.4, 0.5) is 5.69 Å². The maximum Gasteiger partial charge on any atom is 0.0699 e. The van der Waals surface area contributed by atoms with Crippen molar-refractivity contribution in [2.75, 3.05) is 0 Å². The molecule has 0 aliphatic rings. The number of para-hydroxylation sites is 1. The Bertz CT molecular complexity index is 844. The highest BCUT2D eigenvalue weighted by atomic mass is 15.0. The Balaban J connectivity index is 1.93. The zero-order chi connectivity index (χ0) is 18.5. The van der Waals surface area contributed by atoms with Crippen LogP contribution in [-0.2, 0) is 6.54 Å². The minimum Gasteiger partial charge on any atom is -0.342 e. The molecule has 3 aromatic rings. The lowest BCUT2D eigenvalue weighted by molar-refractivity contribution is 0.800. The molecule has 1 aromatic heterocycles. The smallest absolute Gasteiger partial charge is 0.0699 e. The Morgan fingerprint density at radius 3 is 2.08 bits per heavy atom. The maximum absolute atomic E-state index is 4.95. The van der Waals surface area contributed by atoms with Crippen LogP contribution in [0, 0.1) is 0 Å². The molecular formula is C24H28N2. The highest BCUT2D eigenvalue weighted by Gasteiger charge is 2.12. The third-order valence-electron chi connectivity index (χ3n) is 4.73. The fourth-order valence-corrected chi connectivity index (χ4v) is 3.26. The Hall–Kier alpha value is -2.61. The zero-order valence-electron chi connectivity index (χ0n) is 16.2. The first-order valence-electron chi connectivity index (χ1n) is 9.42. The molecular weight excluding hydrogens is 316 g/mol. The van der Waals surface area contributed by atoms with Gasteiger partial charge in [-0.25, -0.2) is 0 Å². The normalized spacial score (nSPS) is 11.8. The molecule has 2 aromatic carbocycles. The molecule has 0 bridgehead atoms. The average molecular weight is 345 g/mol. The minimum absolute atomic E-state index is 0.456. The monoisotopic (exact) mass is 344 g/mol. The molecule has 0 aliphatic carbocycles. The molecule has 0 saturated carbocycles. The molecule has 0 atom stereocenters. The van der Waals surface area contributed by atoms with Gasteiger partial charge < -0.3 is 4.57 Å². The standard InChI is InChI=1S/C24H28N2/c1-18(2)22-13-8-14-23(19(3)4)24(22)25-16-21-12-9-15-26(21)17-20-10-6-5-7-11-20/h5-16,18-19H,17H2,1-4H3. The summed E-state index contributed by atoms with van der Waals surface area (Å²) >= 11 is 0.